The Hall–Kier alpha value is -2.57. The Balaban J connectivity index is 1.77. The molecule has 0 N–H and O–H groups in total. The second-order valence-corrected chi connectivity index (χ2v) is 7.47. The lowest BCUT2D eigenvalue weighted by molar-refractivity contribution is 0.254. The summed E-state index contributed by atoms with van der Waals surface area (Å²) in [6, 6.07) is 15.5. The van der Waals surface area contributed by atoms with E-state index in [9.17, 15) is 9.18 Å². The van der Waals surface area contributed by atoms with E-state index in [1.54, 1.807) is 22.6 Å². The van der Waals surface area contributed by atoms with E-state index in [1.807, 2.05) is 43.3 Å². The molecule has 0 spiro atoms. The summed E-state index contributed by atoms with van der Waals surface area (Å²) in [6.07, 6.45) is 1.66. The van der Waals surface area contributed by atoms with E-state index in [0.717, 1.165) is 16.3 Å². The van der Waals surface area contributed by atoms with Gasteiger partial charge in [0.05, 0.1) is 29.0 Å². The van der Waals surface area contributed by atoms with Crippen molar-refractivity contribution in [3.8, 4) is 0 Å². The summed E-state index contributed by atoms with van der Waals surface area (Å²) in [5.41, 5.74) is 2.54. The van der Waals surface area contributed by atoms with Crippen LogP contribution in [-0.2, 0) is 6.54 Å². The number of pyridine rings is 1. The van der Waals surface area contributed by atoms with E-state index in [1.165, 1.54) is 22.9 Å². The Kier molecular flexibility index (Phi) is 4.76. The summed E-state index contributed by atoms with van der Waals surface area (Å²) in [4.78, 5) is 19.9. The fraction of sp³-hybridized carbons (Fsp3) is 0.100. The van der Waals surface area contributed by atoms with Crippen LogP contribution >= 0.6 is 23.5 Å². The third-order valence-corrected chi connectivity index (χ3v) is 5.70. The molecule has 1 aromatic heterocycles. The SMILES string of the molecule is Cc1ccc(N2Sc3ccccc3N(Cc3c(F)cccc3Cl)C2=O)cn1. The number of amides is 2. The Bertz CT molecular complexity index is 992. The minimum absolute atomic E-state index is 0.0394. The van der Waals surface area contributed by atoms with Gasteiger partial charge in [-0.1, -0.05) is 29.8 Å². The highest BCUT2D eigenvalue weighted by molar-refractivity contribution is 8.01. The van der Waals surface area contributed by atoms with Crippen molar-refractivity contribution in [2.24, 2.45) is 0 Å². The van der Waals surface area contributed by atoms with E-state index in [4.69, 9.17) is 11.6 Å². The van der Waals surface area contributed by atoms with Crippen LogP contribution in [0.15, 0.2) is 65.7 Å². The summed E-state index contributed by atoms with van der Waals surface area (Å²) in [5, 5.41) is 0.294. The first-order valence-electron chi connectivity index (χ1n) is 8.29. The van der Waals surface area contributed by atoms with Gasteiger partial charge in [0, 0.05) is 16.3 Å². The molecule has 3 aromatic rings. The quantitative estimate of drug-likeness (QED) is 0.519. The second kappa shape index (κ2) is 7.21. The van der Waals surface area contributed by atoms with Crippen LogP contribution in [0.1, 0.15) is 11.3 Å². The average Bonchev–Trinajstić information content (AvgIpc) is 2.67. The van der Waals surface area contributed by atoms with Gasteiger partial charge in [-0.3, -0.25) is 9.88 Å². The fourth-order valence-electron chi connectivity index (χ4n) is 2.85. The normalized spacial score (nSPS) is 13.7. The topological polar surface area (TPSA) is 36.4 Å². The van der Waals surface area contributed by atoms with Crippen LogP contribution in [-0.4, -0.2) is 11.0 Å². The van der Waals surface area contributed by atoms with Crippen molar-refractivity contribution >= 4 is 41.0 Å². The molecule has 0 unspecified atom stereocenters. The number of nitrogens with zero attached hydrogens (tertiary/aromatic N) is 3. The zero-order chi connectivity index (χ0) is 19.0. The molecule has 0 aliphatic carbocycles. The molecule has 1 aliphatic heterocycles. The maximum Gasteiger partial charge on any atom is 0.339 e. The minimum Gasteiger partial charge on any atom is -0.288 e. The lowest BCUT2D eigenvalue weighted by Crippen LogP contribution is -2.43. The van der Waals surface area contributed by atoms with Crippen molar-refractivity contribution < 1.29 is 9.18 Å². The van der Waals surface area contributed by atoms with E-state index in [0.29, 0.717) is 10.7 Å². The van der Waals surface area contributed by atoms with E-state index in [2.05, 4.69) is 4.98 Å². The van der Waals surface area contributed by atoms with Crippen molar-refractivity contribution in [3.63, 3.8) is 0 Å². The van der Waals surface area contributed by atoms with Gasteiger partial charge in [0.15, 0.2) is 0 Å². The molecule has 7 heteroatoms. The fourth-order valence-corrected chi connectivity index (χ4v) is 4.07. The molecule has 4 rings (SSSR count). The van der Waals surface area contributed by atoms with Gasteiger partial charge in [-0.2, -0.15) is 0 Å². The zero-order valence-corrected chi connectivity index (χ0v) is 16.0. The average molecular weight is 400 g/mol. The van der Waals surface area contributed by atoms with Gasteiger partial charge in [0.2, 0.25) is 0 Å². The Morgan fingerprint density at radius 2 is 1.93 bits per heavy atom. The molecule has 0 fully saturated rings. The van der Waals surface area contributed by atoms with Crippen molar-refractivity contribution in [1.29, 1.82) is 0 Å². The molecule has 1 aliphatic rings. The number of rotatable bonds is 3. The maximum absolute atomic E-state index is 14.3. The highest BCUT2D eigenvalue weighted by Gasteiger charge is 2.33. The van der Waals surface area contributed by atoms with Gasteiger partial charge >= 0.3 is 6.03 Å². The van der Waals surface area contributed by atoms with Crippen molar-refractivity contribution in [3.05, 3.63) is 82.9 Å². The number of fused-ring (bicyclic) bond motifs is 1. The van der Waals surface area contributed by atoms with Crippen LogP contribution in [0.5, 0.6) is 0 Å². The lowest BCUT2D eigenvalue weighted by atomic mass is 10.2. The maximum atomic E-state index is 14.3. The van der Waals surface area contributed by atoms with Crippen LogP contribution in [0.3, 0.4) is 0 Å². The number of benzene rings is 2. The van der Waals surface area contributed by atoms with Gasteiger partial charge in [-0.25, -0.2) is 13.5 Å². The first kappa shape index (κ1) is 17.8. The van der Waals surface area contributed by atoms with E-state index < -0.39 is 5.82 Å². The summed E-state index contributed by atoms with van der Waals surface area (Å²) >= 11 is 7.51. The molecule has 2 amide bonds. The van der Waals surface area contributed by atoms with Crippen LogP contribution in [0.4, 0.5) is 20.6 Å². The number of carbonyl (C=O) groups is 1. The number of halogens is 2. The second-order valence-electron chi connectivity index (χ2n) is 6.08. The standard InChI is InChI=1S/C20H15ClFN3OS/c1-13-9-10-14(11-23-13)25-20(26)24(18-7-2-3-8-19(18)27-25)12-15-16(21)5-4-6-17(15)22/h2-11H,12H2,1H3. The van der Waals surface area contributed by atoms with Gasteiger partial charge < -0.3 is 0 Å². The molecule has 0 atom stereocenters. The van der Waals surface area contributed by atoms with Crippen molar-refractivity contribution in [2.45, 2.75) is 18.4 Å². The van der Waals surface area contributed by atoms with Crippen molar-refractivity contribution in [1.82, 2.24) is 4.98 Å². The molecule has 0 bridgehead atoms. The highest BCUT2D eigenvalue weighted by atomic mass is 35.5. The van der Waals surface area contributed by atoms with E-state index in [-0.39, 0.29) is 18.1 Å². The molecule has 0 saturated heterocycles. The zero-order valence-electron chi connectivity index (χ0n) is 14.4. The third kappa shape index (κ3) is 3.38. The molecular weight excluding hydrogens is 385 g/mol. The molecule has 4 nitrogen and oxygen atoms in total. The Morgan fingerprint density at radius 3 is 2.67 bits per heavy atom. The number of para-hydroxylation sites is 1. The molecule has 0 saturated carbocycles. The molecule has 27 heavy (non-hydrogen) atoms. The van der Waals surface area contributed by atoms with Crippen LogP contribution < -0.4 is 9.21 Å². The Labute approximate surface area is 165 Å². The predicted octanol–water partition coefficient (Wildman–Crippen LogP) is 5.84. The number of aromatic nitrogens is 1. The number of hydrogen-bond donors (Lipinski definition) is 0. The lowest BCUT2D eigenvalue weighted by Gasteiger charge is -2.36. The van der Waals surface area contributed by atoms with Crippen LogP contribution in [0, 0.1) is 12.7 Å². The number of urea groups is 1. The largest absolute Gasteiger partial charge is 0.339 e. The van der Waals surface area contributed by atoms with Gasteiger partial charge in [0.1, 0.15) is 5.82 Å². The summed E-state index contributed by atoms with van der Waals surface area (Å²) in [7, 11) is 0. The summed E-state index contributed by atoms with van der Waals surface area (Å²) in [5.74, 6) is -0.436. The highest BCUT2D eigenvalue weighted by Crippen LogP contribution is 2.42. The monoisotopic (exact) mass is 399 g/mol. The Morgan fingerprint density at radius 1 is 1.11 bits per heavy atom. The minimum atomic E-state index is -0.436. The predicted molar refractivity (Wildman–Crippen MR) is 107 cm³/mol. The number of aryl methyl sites for hydroxylation is 1. The summed E-state index contributed by atoms with van der Waals surface area (Å²) in [6.45, 7) is 1.93. The smallest absolute Gasteiger partial charge is 0.288 e. The number of hydrogen-bond acceptors (Lipinski definition) is 3. The first-order chi connectivity index (χ1) is 13.0. The molecule has 2 heterocycles. The van der Waals surface area contributed by atoms with Gasteiger partial charge in [-0.15, -0.1) is 0 Å². The summed E-state index contributed by atoms with van der Waals surface area (Å²) < 4.78 is 15.9. The van der Waals surface area contributed by atoms with E-state index >= 15 is 0 Å². The van der Waals surface area contributed by atoms with Crippen LogP contribution in [0.2, 0.25) is 5.02 Å². The van der Waals surface area contributed by atoms with Crippen LogP contribution in [0.25, 0.3) is 0 Å². The number of carbonyl (C=O) groups excluding carboxylic acids is 1. The van der Waals surface area contributed by atoms with Crippen molar-refractivity contribution in [2.75, 3.05) is 9.21 Å². The first-order valence-corrected chi connectivity index (χ1v) is 9.44. The number of anilines is 2. The molecule has 2 aromatic carbocycles. The third-order valence-electron chi connectivity index (χ3n) is 4.26. The van der Waals surface area contributed by atoms with Gasteiger partial charge in [-0.05, 0) is 55.3 Å². The molecule has 0 radical (unpaired) electrons. The van der Waals surface area contributed by atoms with Gasteiger partial charge in [0.25, 0.3) is 0 Å². The molecule has 136 valence electrons. The molecular formula is C20H15ClFN3OS.